The normalized spacial score (nSPS) is 14.0. The van der Waals surface area contributed by atoms with Gasteiger partial charge in [-0.2, -0.15) is 0 Å². The summed E-state index contributed by atoms with van der Waals surface area (Å²) in [4.78, 5) is 0. The van der Waals surface area contributed by atoms with E-state index in [0.29, 0.717) is 0 Å². The fourth-order valence-corrected chi connectivity index (χ4v) is 0.359. The van der Waals surface area contributed by atoms with Gasteiger partial charge in [0.1, 0.15) is 5.83 Å². The molecule has 0 unspecified atom stereocenters. The average Bonchev–Trinajstić information content (AvgIpc) is 1.87. The van der Waals surface area contributed by atoms with Crippen molar-refractivity contribution in [2.24, 2.45) is 5.73 Å². The molecule has 0 aliphatic rings. The average molecular weight is 125 g/mol. The molecule has 0 aliphatic carbocycles. The largest absolute Gasteiger partial charge is 0.397 e. The molecule has 0 heterocycles. The van der Waals surface area contributed by atoms with Crippen LogP contribution in [0.25, 0.3) is 0 Å². The molecule has 2 N–H and O–H groups in total. The Bertz CT molecular complexity index is 140. The van der Waals surface area contributed by atoms with Crippen LogP contribution in [0.15, 0.2) is 23.7 Å². The lowest BCUT2D eigenvalue weighted by atomic mass is 10.0. The summed E-state index contributed by atoms with van der Waals surface area (Å²) in [5.74, 6) is -0.444. The fourth-order valence-electron chi connectivity index (χ4n) is 0.359. The highest BCUT2D eigenvalue weighted by Gasteiger charge is 1.92. The van der Waals surface area contributed by atoms with Crippen molar-refractivity contribution < 1.29 is 4.39 Å². The van der Waals surface area contributed by atoms with Crippen LogP contribution in [-0.2, 0) is 0 Å². The van der Waals surface area contributed by atoms with Gasteiger partial charge in [-0.05, 0) is 6.92 Å². The van der Waals surface area contributed by atoms with Gasteiger partial charge >= 0.3 is 0 Å². The third-order valence-electron chi connectivity index (χ3n) is 0.884. The van der Waals surface area contributed by atoms with Gasteiger partial charge in [-0.15, -0.1) is 0 Å². The molecular weight excluding hydrogens is 116 g/mol. The van der Waals surface area contributed by atoms with Gasteiger partial charge in [0.05, 0.1) is 13.5 Å². The van der Waals surface area contributed by atoms with Gasteiger partial charge in [0, 0.05) is 0 Å². The summed E-state index contributed by atoms with van der Waals surface area (Å²) < 4.78 is 12.4. The molecule has 48 valence electrons. The van der Waals surface area contributed by atoms with Gasteiger partial charge in [0.25, 0.3) is 0 Å². The molecule has 0 saturated heterocycles. The molecule has 0 spiro atoms. The topological polar surface area (TPSA) is 26.0 Å². The summed E-state index contributed by atoms with van der Waals surface area (Å²) in [6.45, 7) is 1.67. The Hall–Kier alpha value is -0.725. The molecule has 1 nitrogen and oxygen atoms in total. The van der Waals surface area contributed by atoms with E-state index in [2.05, 4.69) is 0 Å². The third kappa shape index (κ3) is 2.96. The maximum atomic E-state index is 12.4. The van der Waals surface area contributed by atoms with Crippen molar-refractivity contribution in [3.8, 4) is 0 Å². The van der Waals surface area contributed by atoms with Crippen LogP contribution in [0.5, 0.6) is 0 Å². The number of hydrogen-bond donors (Lipinski definition) is 1. The van der Waals surface area contributed by atoms with E-state index in [4.69, 9.17) is 13.6 Å². The number of halogens is 1. The molecule has 0 atom stereocenters. The minimum Gasteiger partial charge on any atom is -0.397 e. The van der Waals surface area contributed by atoms with Gasteiger partial charge in [-0.25, -0.2) is 4.39 Å². The highest BCUT2D eigenvalue weighted by atomic mass is 19.1. The Morgan fingerprint density at radius 1 is 1.78 bits per heavy atom. The molecule has 0 bridgehead atoms. The molecule has 0 saturated carbocycles. The number of nitrogens with two attached hydrogens (primary N) is 1. The third-order valence-corrected chi connectivity index (χ3v) is 0.884. The molecule has 0 fully saturated rings. The SMILES string of the molecule is [B]C/C=C(F)\C(N)=C/C. The first-order valence-electron chi connectivity index (χ1n) is 2.70. The van der Waals surface area contributed by atoms with E-state index in [1.807, 2.05) is 0 Å². The Morgan fingerprint density at radius 3 is 2.67 bits per heavy atom. The first kappa shape index (κ1) is 8.27. The molecule has 0 aromatic heterocycles. The maximum Gasteiger partial charge on any atom is 0.141 e. The number of allylic oxidation sites excluding steroid dienone is 3. The van der Waals surface area contributed by atoms with E-state index in [0.717, 1.165) is 0 Å². The number of hydrogen-bond acceptors (Lipinski definition) is 1. The first-order chi connectivity index (χ1) is 4.22. The van der Waals surface area contributed by atoms with Crippen LogP contribution in [0, 0.1) is 0 Å². The van der Waals surface area contributed by atoms with Crippen LogP contribution in [0.3, 0.4) is 0 Å². The highest BCUT2D eigenvalue weighted by Crippen LogP contribution is 2.04. The smallest absolute Gasteiger partial charge is 0.141 e. The second-order valence-electron chi connectivity index (χ2n) is 1.53. The van der Waals surface area contributed by atoms with E-state index >= 15 is 0 Å². The van der Waals surface area contributed by atoms with Gasteiger partial charge in [0.15, 0.2) is 0 Å². The Kier molecular flexibility index (Phi) is 3.85. The summed E-state index contributed by atoms with van der Waals surface area (Å²) in [7, 11) is 5.02. The predicted octanol–water partition coefficient (Wildman–Crippen LogP) is 1.29. The van der Waals surface area contributed by atoms with Crippen LogP contribution in [0.2, 0.25) is 6.32 Å². The lowest BCUT2D eigenvalue weighted by Crippen LogP contribution is -1.96. The van der Waals surface area contributed by atoms with E-state index in [1.165, 1.54) is 12.2 Å². The van der Waals surface area contributed by atoms with Crippen molar-refractivity contribution in [2.75, 3.05) is 0 Å². The summed E-state index contributed by atoms with van der Waals surface area (Å²) in [6.07, 6.45) is 2.90. The summed E-state index contributed by atoms with van der Waals surface area (Å²) in [6, 6.07) is 0. The minimum atomic E-state index is -0.444. The van der Waals surface area contributed by atoms with E-state index < -0.39 is 5.83 Å². The van der Waals surface area contributed by atoms with Crippen LogP contribution < -0.4 is 5.73 Å². The maximum absolute atomic E-state index is 12.4. The van der Waals surface area contributed by atoms with Crippen molar-refractivity contribution in [1.82, 2.24) is 0 Å². The Balaban J connectivity index is 4.03. The molecule has 2 radical (unpaired) electrons. The molecule has 0 rings (SSSR count). The molecular formula is C6H9BFN. The molecule has 0 aromatic rings. The van der Waals surface area contributed by atoms with Gasteiger partial charge in [0.2, 0.25) is 0 Å². The van der Waals surface area contributed by atoms with Crippen LogP contribution in [0.1, 0.15) is 6.92 Å². The van der Waals surface area contributed by atoms with E-state index in [9.17, 15) is 4.39 Å². The van der Waals surface area contributed by atoms with Crippen molar-refractivity contribution in [3.63, 3.8) is 0 Å². The lowest BCUT2D eigenvalue weighted by Gasteiger charge is -1.92. The Labute approximate surface area is 55.8 Å². The highest BCUT2D eigenvalue weighted by molar-refractivity contribution is 6.09. The molecule has 0 aliphatic heterocycles. The lowest BCUT2D eigenvalue weighted by molar-refractivity contribution is 0.646. The summed E-state index contributed by atoms with van der Waals surface area (Å²) in [5, 5.41) is 0. The second kappa shape index (κ2) is 4.18. The summed E-state index contributed by atoms with van der Waals surface area (Å²) >= 11 is 0. The second-order valence-corrected chi connectivity index (χ2v) is 1.53. The van der Waals surface area contributed by atoms with Crippen molar-refractivity contribution >= 4 is 7.85 Å². The van der Waals surface area contributed by atoms with Crippen molar-refractivity contribution in [1.29, 1.82) is 0 Å². The van der Waals surface area contributed by atoms with Crippen LogP contribution >= 0.6 is 0 Å². The minimum absolute atomic E-state index is 0.139. The quantitative estimate of drug-likeness (QED) is 0.436. The molecule has 0 aromatic carbocycles. The van der Waals surface area contributed by atoms with E-state index in [-0.39, 0.29) is 12.0 Å². The van der Waals surface area contributed by atoms with Crippen molar-refractivity contribution in [2.45, 2.75) is 13.2 Å². The molecule has 9 heavy (non-hydrogen) atoms. The van der Waals surface area contributed by atoms with E-state index in [1.54, 1.807) is 6.92 Å². The van der Waals surface area contributed by atoms with Gasteiger partial charge < -0.3 is 5.73 Å². The predicted molar refractivity (Wildman–Crippen MR) is 37.7 cm³/mol. The monoisotopic (exact) mass is 125 g/mol. The molecule has 3 heteroatoms. The van der Waals surface area contributed by atoms with Crippen LogP contribution in [-0.4, -0.2) is 7.85 Å². The summed E-state index contributed by atoms with van der Waals surface area (Å²) in [5.41, 5.74) is 5.30. The fraction of sp³-hybridized carbons (Fsp3) is 0.333. The van der Waals surface area contributed by atoms with Crippen LogP contribution in [0.4, 0.5) is 4.39 Å². The zero-order chi connectivity index (χ0) is 7.28. The standard InChI is InChI=1S/C6H9BFN/c1-2-6(9)5(8)3-4-7/h2-3H,4,9H2,1H3/b5-3+,6-2+. The first-order valence-corrected chi connectivity index (χ1v) is 2.70. The Morgan fingerprint density at radius 2 is 2.33 bits per heavy atom. The van der Waals surface area contributed by atoms with Gasteiger partial charge in [-0.1, -0.05) is 18.5 Å². The zero-order valence-corrected chi connectivity index (χ0v) is 5.39. The molecule has 0 amide bonds. The van der Waals surface area contributed by atoms with Crippen molar-refractivity contribution in [3.05, 3.63) is 23.7 Å². The zero-order valence-electron chi connectivity index (χ0n) is 5.39. The number of rotatable bonds is 2. The van der Waals surface area contributed by atoms with Gasteiger partial charge in [-0.3, -0.25) is 0 Å².